The molecule has 0 aliphatic carbocycles. The van der Waals surface area contributed by atoms with Crippen LogP contribution in [-0.4, -0.2) is 30.6 Å². The highest BCUT2D eigenvalue weighted by molar-refractivity contribution is 9.10. The lowest BCUT2D eigenvalue weighted by atomic mass is 10.1. The summed E-state index contributed by atoms with van der Waals surface area (Å²) in [6, 6.07) is 1.29. The number of hydrogen-bond acceptors (Lipinski definition) is 2. The first-order chi connectivity index (χ1) is 10.5. The number of benzene rings is 1. The molecule has 2 heterocycles. The summed E-state index contributed by atoms with van der Waals surface area (Å²) in [5.74, 6) is -0.546. The average Bonchev–Trinajstić information content (AvgIpc) is 2.73. The first kappa shape index (κ1) is 15.4. The molecule has 0 bridgehead atoms. The molecular weight excluding hydrogens is 365 g/mol. The monoisotopic (exact) mass is 376 g/mol. The molecule has 4 nitrogen and oxygen atoms in total. The zero-order valence-electron chi connectivity index (χ0n) is 11.2. The van der Waals surface area contributed by atoms with Gasteiger partial charge in [0.05, 0.1) is 29.2 Å². The van der Waals surface area contributed by atoms with Gasteiger partial charge in [-0.3, -0.25) is 4.79 Å². The molecule has 8 heteroatoms. The third-order valence-corrected chi connectivity index (χ3v) is 4.36. The summed E-state index contributed by atoms with van der Waals surface area (Å²) in [6.45, 7) is 0.942. The van der Waals surface area contributed by atoms with Crippen LogP contribution in [-0.2, 0) is 9.53 Å². The average molecular weight is 377 g/mol. The first-order valence-electron chi connectivity index (χ1n) is 6.58. The lowest BCUT2D eigenvalue weighted by Crippen LogP contribution is -2.30. The van der Waals surface area contributed by atoms with Gasteiger partial charge >= 0.3 is 0 Å². The van der Waals surface area contributed by atoms with Crippen molar-refractivity contribution in [2.45, 2.75) is 18.5 Å². The topological polar surface area (TPSA) is 43.3 Å². The third-order valence-electron chi connectivity index (χ3n) is 3.75. The summed E-state index contributed by atoms with van der Waals surface area (Å²) < 4.78 is 47.5. The van der Waals surface area contributed by atoms with Crippen molar-refractivity contribution >= 4 is 33.2 Å². The van der Waals surface area contributed by atoms with E-state index >= 15 is 0 Å². The van der Waals surface area contributed by atoms with Gasteiger partial charge in [-0.2, -0.15) is 0 Å². The van der Waals surface area contributed by atoms with E-state index in [-0.39, 0.29) is 22.5 Å². The molecule has 1 N–H and O–H groups in total. The van der Waals surface area contributed by atoms with Gasteiger partial charge in [0.1, 0.15) is 11.9 Å². The van der Waals surface area contributed by atoms with Crippen molar-refractivity contribution in [2.75, 3.05) is 13.2 Å². The van der Waals surface area contributed by atoms with Crippen LogP contribution in [0.2, 0.25) is 0 Å². The molecule has 1 atom stereocenters. The van der Waals surface area contributed by atoms with E-state index < -0.39 is 18.3 Å². The number of fused-ring (bicyclic) bond motifs is 1. The number of hydrogen-bond donors (Lipinski definition) is 1. The van der Waals surface area contributed by atoms with Crippen molar-refractivity contribution in [1.82, 2.24) is 9.88 Å². The Labute approximate surface area is 132 Å². The zero-order chi connectivity index (χ0) is 15.9. The van der Waals surface area contributed by atoms with E-state index in [1.54, 1.807) is 10.6 Å². The molecule has 0 unspecified atom stereocenters. The Morgan fingerprint density at radius 3 is 2.68 bits per heavy atom. The van der Waals surface area contributed by atoms with Crippen molar-refractivity contribution in [3.8, 4) is 0 Å². The van der Waals surface area contributed by atoms with E-state index in [2.05, 4.69) is 21.2 Å². The van der Waals surface area contributed by atoms with Gasteiger partial charge in [0.25, 0.3) is 6.43 Å². The molecule has 0 spiro atoms. The van der Waals surface area contributed by atoms with Crippen LogP contribution in [0.4, 0.5) is 13.2 Å². The van der Waals surface area contributed by atoms with Crippen molar-refractivity contribution < 1.29 is 22.7 Å². The van der Waals surface area contributed by atoms with Crippen LogP contribution in [0.1, 0.15) is 17.6 Å². The molecule has 118 valence electrons. The molecule has 1 fully saturated rings. The maximum atomic E-state index is 13.8. The fourth-order valence-electron chi connectivity index (χ4n) is 2.58. The molecule has 1 saturated heterocycles. The molecule has 0 radical (unpaired) electrons. The van der Waals surface area contributed by atoms with Crippen LogP contribution in [0.5, 0.6) is 0 Å². The zero-order valence-corrected chi connectivity index (χ0v) is 12.8. The second-order valence-electron chi connectivity index (χ2n) is 5.06. The second-order valence-corrected chi connectivity index (χ2v) is 5.92. The van der Waals surface area contributed by atoms with Gasteiger partial charge < -0.3 is 14.6 Å². The quantitative estimate of drug-likeness (QED) is 0.814. The fourth-order valence-corrected chi connectivity index (χ4v) is 2.91. The van der Waals surface area contributed by atoms with Crippen LogP contribution in [0.15, 0.2) is 22.8 Å². The molecule has 1 amide bonds. The molecule has 1 aromatic heterocycles. The fraction of sp³-hybridized carbons (Fsp3) is 0.357. The molecule has 3 rings (SSSR count). The highest BCUT2D eigenvalue weighted by atomic mass is 79.9. The Morgan fingerprint density at radius 2 is 2.14 bits per heavy atom. The van der Waals surface area contributed by atoms with E-state index in [9.17, 15) is 18.0 Å². The van der Waals surface area contributed by atoms with Gasteiger partial charge in [0, 0.05) is 17.1 Å². The summed E-state index contributed by atoms with van der Waals surface area (Å²) in [5, 5.41) is 2.46. The lowest BCUT2D eigenvalue weighted by Gasteiger charge is -2.28. The number of nitrogens with one attached hydrogen (secondary N) is 1. The van der Waals surface area contributed by atoms with Crippen LogP contribution < -0.4 is 5.32 Å². The highest BCUT2D eigenvalue weighted by Crippen LogP contribution is 2.35. The van der Waals surface area contributed by atoms with Gasteiger partial charge in [-0.05, 0) is 28.1 Å². The smallest absolute Gasteiger partial charge is 0.262 e. The van der Waals surface area contributed by atoms with Crippen molar-refractivity contribution in [3.63, 3.8) is 0 Å². The number of aromatic nitrogens is 1. The number of alkyl halides is 2. The summed E-state index contributed by atoms with van der Waals surface area (Å²) in [4.78, 5) is 10.6. The molecular formula is C14H12BrF3N2O2. The number of carbonyl (C=O) groups is 1. The SMILES string of the molecule is O=CN[C@@H](c1cn(C2COC2)c2cc(Br)c(F)cc12)C(F)F. The van der Waals surface area contributed by atoms with Gasteiger partial charge in [-0.15, -0.1) is 0 Å². The Morgan fingerprint density at radius 1 is 1.41 bits per heavy atom. The lowest BCUT2D eigenvalue weighted by molar-refractivity contribution is -0.111. The maximum Gasteiger partial charge on any atom is 0.262 e. The molecule has 0 saturated carbocycles. The number of amides is 1. The van der Waals surface area contributed by atoms with Gasteiger partial charge in [-0.25, -0.2) is 13.2 Å². The minimum Gasteiger partial charge on any atom is -0.377 e. The summed E-state index contributed by atoms with van der Waals surface area (Å²) in [5.41, 5.74) is 0.810. The number of rotatable bonds is 5. The van der Waals surface area contributed by atoms with E-state index in [4.69, 9.17) is 4.74 Å². The van der Waals surface area contributed by atoms with E-state index in [1.807, 2.05) is 0 Å². The number of nitrogens with zero attached hydrogens (tertiary/aromatic N) is 1. The summed E-state index contributed by atoms with van der Waals surface area (Å²) >= 11 is 3.11. The number of carbonyl (C=O) groups excluding carboxylic acids is 1. The summed E-state index contributed by atoms with van der Waals surface area (Å²) in [6.07, 6.45) is -1.03. The third kappa shape index (κ3) is 2.50. The largest absolute Gasteiger partial charge is 0.377 e. The first-order valence-corrected chi connectivity index (χ1v) is 7.37. The van der Waals surface area contributed by atoms with E-state index in [1.165, 1.54) is 12.3 Å². The maximum absolute atomic E-state index is 13.8. The molecule has 2 aromatic rings. The standard InChI is InChI=1S/C14H12BrF3N2O2/c15-10-2-12-8(1-11(10)16)9(13(14(17)18)19-6-21)3-20(12)7-4-22-5-7/h1-3,6-7,13-14H,4-5H2,(H,19,21)/t13-/m0/s1. The van der Waals surface area contributed by atoms with Gasteiger partial charge in [0.2, 0.25) is 6.41 Å². The van der Waals surface area contributed by atoms with Crippen LogP contribution in [0.25, 0.3) is 10.9 Å². The molecule has 1 aliphatic rings. The van der Waals surface area contributed by atoms with Gasteiger partial charge in [0.15, 0.2) is 0 Å². The summed E-state index contributed by atoms with van der Waals surface area (Å²) in [7, 11) is 0. The number of ether oxygens (including phenoxy) is 1. The van der Waals surface area contributed by atoms with Crippen molar-refractivity contribution in [1.29, 1.82) is 0 Å². The Bertz CT molecular complexity index is 716. The normalized spacial score (nSPS) is 16.8. The Hall–Kier alpha value is -1.54. The predicted octanol–water partition coefficient (Wildman–Crippen LogP) is 3.17. The molecule has 1 aromatic carbocycles. The van der Waals surface area contributed by atoms with Crippen molar-refractivity contribution in [2.24, 2.45) is 0 Å². The van der Waals surface area contributed by atoms with Crippen LogP contribution >= 0.6 is 15.9 Å². The van der Waals surface area contributed by atoms with E-state index in [0.29, 0.717) is 24.1 Å². The van der Waals surface area contributed by atoms with Crippen LogP contribution in [0, 0.1) is 5.82 Å². The van der Waals surface area contributed by atoms with Crippen molar-refractivity contribution in [3.05, 3.63) is 34.2 Å². The Kier molecular flexibility index (Phi) is 4.14. The predicted molar refractivity (Wildman–Crippen MR) is 77.4 cm³/mol. The van der Waals surface area contributed by atoms with E-state index in [0.717, 1.165) is 0 Å². The van der Waals surface area contributed by atoms with Crippen LogP contribution in [0.3, 0.4) is 0 Å². The minimum absolute atomic E-state index is 0.0168. The Balaban J connectivity index is 2.20. The van der Waals surface area contributed by atoms with Gasteiger partial charge in [-0.1, -0.05) is 0 Å². The molecule has 1 aliphatic heterocycles. The minimum atomic E-state index is -2.80. The second kappa shape index (κ2) is 5.92. The molecule has 22 heavy (non-hydrogen) atoms. The highest BCUT2D eigenvalue weighted by Gasteiger charge is 2.29. The number of halogens is 4.